The molecule has 0 fully saturated rings. The Hall–Kier alpha value is -1.57. The van der Waals surface area contributed by atoms with Gasteiger partial charge in [0.2, 0.25) is 0 Å². The van der Waals surface area contributed by atoms with Crippen molar-refractivity contribution in [2.45, 2.75) is 52.1 Å². The van der Waals surface area contributed by atoms with Crippen LogP contribution < -0.4 is 0 Å². The number of aryl methyl sites for hydroxylation is 1. The van der Waals surface area contributed by atoms with E-state index in [-0.39, 0.29) is 11.9 Å². The number of rotatable bonds is 3. The Balaban J connectivity index is 2.51. The van der Waals surface area contributed by atoms with E-state index in [1.165, 1.54) is 11.1 Å². The highest BCUT2D eigenvalue weighted by atomic mass is 16.6. The highest BCUT2D eigenvalue weighted by Crippen LogP contribution is 2.43. The van der Waals surface area contributed by atoms with Crippen LogP contribution in [-0.4, -0.2) is 5.97 Å². The van der Waals surface area contributed by atoms with Crippen molar-refractivity contribution in [3.8, 4) is 0 Å². The Morgan fingerprint density at radius 2 is 2.00 bits per heavy atom. The molecule has 0 aliphatic heterocycles. The maximum Gasteiger partial charge on any atom is 0.334 e. The van der Waals surface area contributed by atoms with Gasteiger partial charge in [0.05, 0.1) is 0 Å². The van der Waals surface area contributed by atoms with E-state index in [9.17, 15) is 4.79 Å². The minimum Gasteiger partial charge on any atom is -0.451 e. The number of carbonyl (C=O) groups is 1. The first kappa shape index (κ1) is 14.8. The van der Waals surface area contributed by atoms with E-state index in [1.54, 1.807) is 6.92 Å². The lowest BCUT2D eigenvalue weighted by Gasteiger charge is -2.38. The van der Waals surface area contributed by atoms with E-state index in [1.807, 2.05) is 6.07 Å². The van der Waals surface area contributed by atoms with Gasteiger partial charge in [-0.3, -0.25) is 0 Å². The van der Waals surface area contributed by atoms with Crippen LogP contribution in [0.5, 0.6) is 0 Å². The second-order valence-corrected chi connectivity index (χ2v) is 6.08. The molecule has 20 heavy (non-hydrogen) atoms. The molecule has 1 unspecified atom stereocenters. The molecule has 0 N–H and O–H groups in total. The summed E-state index contributed by atoms with van der Waals surface area (Å²) in [5, 5.41) is 0. The summed E-state index contributed by atoms with van der Waals surface area (Å²) in [6, 6.07) is 8.38. The van der Waals surface area contributed by atoms with E-state index in [4.69, 9.17) is 4.74 Å². The zero-order valence-corrected chi connectivity index (χ0v) is 12.7. The van der Waals surface area contributed by atoms with Gasteiger partial charge in [-0.05, 0) is 49.7 Å². The van der Waals surface area contributed by atoms with Crippen molar-refractivity contribution in [1.29, 1.82) is 0 Å². The van der Waals surface area contributed by atoms with Crippen molar-refractivity contribution >= 4 is 5.97 Å². The molecule has 2 nitrogen and oxygen atoms in total. The molecule has 0 radical (unpaired) electrons. The predicted molar refractivity (Wildman–Crippen MR) is 81.4 cm³/mol. The van der Waals surface area contributed by atoms with Gasteiger partial charge in [0.15, 0.2) is 0 Å². The minimum absolute atomic E-state index is 0.241. The first-order valence-electron chi connectivity index (χ1n) is 7.44. The number of carbonyl (C=O) groups excluding carboxylic acids is 1. The van der Waals surface area contributed by atoms with Gasteiger partial charge in [-0.25, -0.2) is 4.79 Å². The van der Waals surface area contributed by atoms with Crippen LogP contribution in [0.15, 0.2) is 36.4 Å². The van der Waals surface area contributed by atoms with Crippen LogP contribution in [-0.2, 0) is 21.6 Å². The zero-order valence-electron chi connectivity index (χ0n) is 12.7. The molecule has 1 aromatic rings. The Kier molecular flexibility index (Phi) is 4.32. The fraction of sp³-hybridized carbons (Fsp3) is 0.500. The van der Waals surface area contributed by atoms with Crippen LogP contribution in [0.2, 0.25) is 0 Å². The largest absolute Gasteiger partial charge is 0.451 e. The number of benzene rings is 1. The normalized spacial score (nSPS) is 22.0. The third kappa shape index (κ3) is 2.65. The fourth-order valence-electron chi connectivity index (χ4n) is 3.06. The van der Waals surface area contributed by atoms with Gasteiger partial charge in [-0.1, -0.05) is 44.7 Å². The molecule has 0 amide bonds. The molecule has 0 bridgehead atoms. The fourth-order valence-corrected chi connectivity index (χ4v) is 3.06. The molecular formula is C18H24O2. The van der Waals surface area contributed by atoms with Gasteiger partial charge in [0.1, 0.15) is 5.60 Å². The van der Waals surface area contributed by atoms with Gasteiger partial charge < -0.3 is 4.74 Å². The third-order valence-corrected chi connectivity index (χ3v) is 4.27. The van der Waals surface area contributed by atoms with Crippen molar-refractivity contribution in [2.24, 2.45) is 5.92 Å². The summed E-state index contributed by atoms with van der Waals surface area (Å²) in [6.45, 7) is 9.69. The minimum atomic E-state index is -0.511. The molecule has 2 rings (SSSR count). The summed E-state index contributed by atoms with van der Waals surface area (Å²) in [5.74, 6) is -0.0412. The number of hydrogen-bond donors (Lipinski definition) is 0. The average molecular weight is 272 g/mol. The van der Waals surface area contributed by atoms with E-state index in [0.29, 0.717) is 5.57 Å². The molecule has 0 saturated heterocycles. The number of fused-ring (bicyclic) bond motifs is 1. The van der Waals surface area contributed by atoms with Crippen molar-refractivity contribution in [3.63, 3.8) is 0 Å². The molecule has 1 aliphatic rings. The molecule has 1 atom stereocenters. The maximum absolute atomic E-state index is 12.1. The zero-order chi connectivity index (χ0) is 14.8. The van der Waals surface area contributed by atoms with Crippen LogP contribution in [0.1, 0.15) is 51.2 Å². The SMILES string of the molecule is C=C(C)C(=O)OC1(C(C)C)CCCCc2ccccc21. The van der Waals surface area contributed by atoms with Crippen molar-refractivity contribution in [2.75, 3.05) is 0 Å². The third-order valence-electron chi connectivity index (χ3n) is 4.27. The van der Waals surface area contributed by atoms with Gasteiger partial charge in [-0.2, -0.15) is 0 Å². The van der Waals surface area contributed by atoms with Crippen LogP contribution >= 0.6 is 0 Å². The number of hydrogen-bond acceptors (Lipinski definition) is 2. The highest BCUT2D eigenvalue weighted by molar-refractivity contribution is 5.87. The molecule has 0 heterocycles. The van der Waals surface area contributed by atoms with E-state index in [2.05, 4.69) is 38.6 Å². The van der Waals surface area contributed by atoms with E-state index < -0.39 is 5.60 Å². The summed E-state index contributed by atoms with van der Waals surface area (Å²) in [6.07, 6.45) is 4.18. The summed E-state index contributed by atoms with van der Waals surface area (Å²) in [4.78, 5) is 12.1. The Labute approximate surface area is 121 Å². The smallest absolute Gasteiger partial charge is 0.334 e. The van der Waals surface area contributed by atoms with Gasteiger partial charge >= 0.3 is 5.97 Å². The van der Waals surface area contributed by atoms with Crippen molar-refractivity contribution in [1.82, 2.24) is 0 Å². The molecule has 1 aliphatic carbocycles. The maximum atomic E-state index is 12.1. The summed E-state index contributed by atoms with van der Waals surface area (Å²) < 4.78 is 5.97. The Bertz CT molecular complexity index is 516. The van der Waals surface area contributed by atoms with Gasteiger partial charge in [-0.15, -0.1) is 0 Å². The lowest BCUT2D eigenvalue weighted by molar-refractivity contribution is -0.163. The first-order valence-corrected chi connectivity index (χ1v) is 7.44. The average Bonchev–Trinajstić information content (AvgIpc) is 2.59. The molecule has 2 heteroatoms. The molecular weight excluding hydrogens is 248 g/mol. The van der Waals surface area contributed by atoms with Crippen LogP contribution in [0.25, 0.3) is 0 Å². The quantitative estimate of drug-likeness (QED) is 0.463. The number of esters is 1. The lowest BCUT2D eigenvalue weighted by Crippen LogP contribution is -2.38. The van der Waals surface area contributed by atoms with Crippen LogP contribution in [0.4, 0.5) is 0 Å². The summed E-state index contributed by atoms with van der Waals surface area (Å²) >= 11 is 0. The van der Waals surface area contributed by atoms with Gasteiger partial charge in [0, 0.05) is 5.57 Å². The standard InChI is InChI=1S/C18H24O2/c1-13(2)17(19)20-18(14(3)4)12-8-7-10-15-9-5-6-11-16(15)18/h5-6,9,11,14H,1,7-8,10,12H2,2-4H3. The van der Waals surface area contributed by atoms with Crippen molar-refractivity contribution in [3.05, 3.63) is 47.5 Å². The molecule has 1 aromatic carbocycles. The lowest BCUT2D eigenvalue weighted by atomic mass is 9.79. The van der Waals surface area contributed by atoms with E-state index in [0.717, 1.165) is 25.7 Å². The molecule has 0 saturated carbocycles. The summed E-state index contributed by atoms with van der Waals surface area (Å²) in [7, 11) is 0. The van der Waals surface area contributed by atoms with Crippen molar-refractivity contribution < 1.29 is 9.53 Å². The second-order valence-electron chi connectivity index (χ2n) is 6.08. The second kappa shape index (κ2) is 5.82. The summed E-state index contributed by atoms with van der Waals surface area (Å²) in [5.41, 5.74) is 2.45. The van der Waals surface area contributed by atoms with Gasteiger partial charge in [0.25, 0.3) is 0 Å². The Morgan fingerprint density at radius 1 is 1.30 bits per heavy atom. The highest BCUT2D eigenvalue weighted by Gasteiger charge is 2.41. The first-order chi connectivity index (χ1) is 9.47. The van der Waals surface area contributed by atoms with Crippen LogP contribution in [0, 0.1) is 5.92 Å². The Morgan fingerprint density at radius 3 is 2.65 bits per heavy atom. The van der Waals surface area contributed by atoms with Crippen LogP contribution in [0.3, 0.4) is 0 Å². The monoisotopic (exact) mass is 272 g/mol. The predicted octanol–water partition coefficient (Wildman–Crippen LogP) is 4.38. The molecule has 108 valence electrons. The molecule has 0 aromatic heterocycles. The topological polar surface area (TPSA) is 26.3 Å². The number of ether oxygens (including phenoxy) is 1. The molecule has 0 spiro atoms. The van der Waals surface area contributed by atoms with E-state index >= 15 is 0 Å².